The summed E-state index contributed by atoms with van der Waals surface area (Å²) < 4.78 is 16.0. The Balaban J connectivity index is 3.34. The zero-order valence-electron chi connectivity index (χ0n) is 11.4. The third-order valence-electron chi connectivity index (χ3n) is 2.82. The molecule has 4 heteroatoms. The second-order valence-corrected chi connectivity index (χ2v) is 4.09. The molecule has 96 valence electrons. The van der Waals surface area contributed by atoms with Gasteiger partial charge in [0, 0.05) is 25.2 Å². The summed E-state index contributed by atoms with van der Waals surface area (Å²) >= 11 is 0. The molecule has 0 bridgehead atoms. The maximum atomic E-state index is 5.40. The zero-order chi connectivity index (χ0) is 13.0. The second-order valence-electron chi connectivity index (χ2n) is 4.09. The van der Waals surface area contributed by atoms with E-state index >= 15 is 0 Å². The van der Waals surface area contributed by atoms with Gasteiger partial charge in [-0.1, -0.05) is 0 Å². The number of hydrogen-bond donors (Lipinski definition) is 0. The second kappa shape index (κ2) is 5.66. The van der Waals surface area contributed by atoms with Crippen LogP contribution in [0.1, 0.15) is 13.8 Å². The van der Waals surface area contributed by atoms with Crippen LogP contribution in [0, 0.1) is 0 Å². The number of ether oxygens (including phenoxy) is 3. The van der Waals surface area contributed by atoms with Crippen LogP contribution in [-0.2, 0) is 0 Å². The summed E-state index contributed by atoms with van der Waals surface area (Å²) in [4.78, 5) is 2.11. The average molecular weight is 239 g/mol. The SMILES string of the molecule is COc1cc(OC)c(N(C)C(C)C)c(OC)c1. The van der Waals surface area contributed by atoms with Gasteiger partial charge in [0.05, 0.1) is 21.3 Å². The monoisotopic (exact) mass is 239 g/mol. The molecule has 0 unspecified atom stereocenters. The molecule has 1 aromatic rings. The van der Waals surface area contributed by atoms with Crippen molar-refractivity contribution in [3.63, 3.8) is 0 Å². The molecular weight excluding hydrogens is 218 g/mol. The lowest BCUT2D eigenvalue weighted by Gasteiger charge is -2.27. The Kier molecular flexibility index (Phi) is 4.49. The van der Waals surface area contributed by atoms with E-state index in [1.165, 1.54) is 0 Å². The highest BCUT2D eigenvalue weighted by molar-refractivity contribution is 5.70. The minimum Gasteiger partial charge on any atom is -0.496 e. The first-order valence-corrected chi connectivity index (χ1v) is 5.58. The standard InChI is InChI=1S/C13H21NO3/c1-9(2)14(3)13-11(16-5)7-10(15-4)8-12(13)17-6/h7-9H,1-6H3. The number of anilines is 1. The summed E-state index contributed by atoms with van der Waals surface area (Å²) in [6.45, 7) is 4.23. The summed E-state index contributed by atoms with van der Waals surface area (Å²) in [6, 6.07) is 4.07. The van der Waals surface area contributed by atoms with Crippen molar-refractivity contribution < 1.29 is 14.2 Å². The number of rotatable bonds is 5. The third-order valence-corrected chi connectivity index (χ3v) is 2.82. The molecule has 0 heterocycles. The van der Waals surface area contributed by atoms with E-state index in [-0.39, 0.29) is 0 Å². The van der Waals surface area contributed by atoms with Crippen molar-refractivity contribution in [2.45, 2.75) is 19.9 Å². The predicted molar refractivity (Wildman–Crippen MR) is 69.6 cm³/mol. The zero-order valence-corrected chi connectivity index (χ0v) is 11.4. The van der Waals surface area contributed by atoms with Gasteiger partial charge in [-0.2, -0.15) is 0 Å². The van der Waals surface area contributed by atoms with Crippen LogP contribution < -0.4 is 19.1 Å². The van der Waals surface area contributed by atoms with E-state index in [2.05, 4.69) is 18.7 Å². The fraction of sp³-hybridized carbons (Fsp3) is 0.538. The van der Waals surface area contributed by atoms with Gasteiger partial charge >= 0.3 is 0 Å². The van der Waals surface area contributed by atoms with Gasteiger partial charge < -0.3 is 19.1 Å². The Morgan fingerprint density at radius 1 is 0.941 bits per heavy atom. The van der Waals surface area contributed by atoms with Crippen molar-refractivity contribution in [1.82, 2.24) is 0 Å². The van der Waals surface area contributed by atoms with Crippen LogP contribution in [0.2, 0.25) is 0 Å². The highest BCUT2D eigenvalue weighted by Crippen LogP contribution is 2.41. The lowest BCUT2D eigenvalue weighted by Crippen LogP contribution is -2.26. The average Bonchev–Trinajstić information content (AvgIpc) is 2.35. The lowest BCUT2D eigenvalue weighted by molar-refractivity contribution is 0.375. The maximum Gasteiger partial charge on any atom is 0.149 e. The van der Waals surface area contributed by atoms with Crippen LogP contribution in [0.25, 0.3) is 0 Å². The molecule has 0 spiro atoms. The molecule has 1 rings (SSSR count). The molecule has 0 fully saturated rings. The van der Waals surface area contributed by atoms with E-state index in [0.29, 0.717) is 6.04 Å². The Labute approximate surface area is 103 Å². The smallest absolute Gasteiger partial charge is 0.149 e. The number of benzene rings is 1. The first-order chi connectivity index (χ1) is 8.04. The first-order valence-electron chi connectivity index (χ1n) is 5.58. The normalized spacial score (nSPS) is 10.3. The van der Waals surface area contributed by atoms with Gasteiger partial charge in [-0.3, -0.25) is 0 Å². The van der Waals surface area contributed by atoms with Gasteiger partial charge in [-0.05, 0) is 13.8 Å². The number of nitrogens with zero attached hydrogens (tertiary/aromatic N) is 1. The summed E-state index contributed by atoms with van der Waals surface area (Å²) in [5.41, 5.74) is 0.936. The Morgan fingerprint density at radius 2 is 1.41 bits per heavy atom. The molecule has 0 aliphatic heterocycles. The van der Waals surface area contributed by atoms with Gasteiger partial charge in [0.2, 0.25) is 0 Å². The van der Waals surface area contributed by atoms with Gasteiger partial charge in [-0.25, -0.2) is 0 Å². The molecule has 0 saturated heterocycles. The van der Waals surface area contributed by atoms with Gasteiger partial charge in [-0.15, -0.1) is 0 Å². The topological polar surface area (TPSA) is 30.9 Å². The Hall–Kier alpha value is -1.58. The van der Waals surface area contributed by atoms with Crippen molar-refractivity contribution in [3.8, 4) is 17.2 Å². The highest BCUT2D eigenvalue weighted by Gasteiger charge is 2.18. The van der Waals surface area contributed by atoms with Gasteiger partial charge in [0.25, 0.3) is 0 Å². The van der Waals surface area contributed by atoms with E-state index in [1.807, 2.05) is 19.2 Å². The van der Waals surface area contributed by atoms with Gasteiger partial charge in [0.15, 0.2) is 0 Å². The number of methoxy groups -OCH3 is 3. The van der Waals surface area contributed by atoms with Crippen LogP contribution in [-0.4, -0.2) is 34.4 Å². The van der Waals surface area contributed by atoms with Crippen molar-refractivity contribution in [3.05, 3.63) is 12.1 Å². The minimum absolute atomic E-state index is 0.353. The van der Waals surface area contributed by atoms with E-state index in [0.717, 1.165) is 22.9 Å². The molecular formula is C13H21NO3. The largest absolute Gasteiger partial charge is 0.496 e. The van der Waals surface area contributed by atoms with Crippen LogP contribution in [0.15, 0.2) is 12.1 Å². The van der Waals surface area contributed by atoms with Crippen molar-refractivity contribution >= 4 is 5.69 Å². The third kappa shape index (κ3) is 2.75. The van der Waals surface area contributed by atoms with E-state index in [9.17, 15) is 0 Å². The Morgan fingerprint density at radius 3 is 1.71 bits per heavy atom. The van der Waals surface area contributed by atoms with E-state index in [1.54, 1.807) is 21.3 Å². The fourth-order valence-corrected chi connectivity index (χ4v) is 1.59. The first kappa shape index (κ1) is 13.5. The van der Waals surface area contributed by atoms with Crippen LogP contribution in [0.5, 0.6) is 17.2 Å². The quantitative estimate of drug-likeness (QED) is 0.790. The van der Waals surface area contributed by atoms with Gasteiger partial charge in [0.1, 0.15) is 22.9 Å². The molecule has 0 aromatic heterocycles. The molecule has 0 radical (unpaired) electrons. The Bertz CT molecular complexity index is 352. The molecule has 0 N–H and O–H groups in total. The fourth-order valence-electron chi connectivity index (χ4n) is 1.59. The van der Waals surface area contributed by atoms with Crippen molar-refractivity contribution in [2.24, 2.45) is 0 Å². The summed E-state index contributed by atoms with van der Waals surface area (Å²) in [7, 11) is 6.93. The summed E-state index contributed by atoms with van der Waals surface area (Å²) in [5, 5.41) is 0. The van der Waals surface area contributed by atoms with E-state index in [4.69, 9.17) is 14.2 Å². The molecule has 0 atom stereocenters. The minimum atomic E-state index is 0.353. The molecule has 4 nitrogen and oxygen atoms in total. The molecule has 1 aromatic carbocycles. The molecule has 0 saturated carbocycles. The predicted octanol–water partition coefficient (Wildman–Crippen LogP) is 2.56. The lowest BCUT2D eigenvalue weighted by atomic mass is 10.2. The number of hydrogen-bond acceptors (Lipinski definition) is 4. The summed E-state index contributed by atoms with van der Waals surface area (Å²) in [5.74, 6) is 2.22. The van der Waals surface area contributed by atoms with Crippen LogP contribution in [0.4, 0.5) is 5.69 Å². The van der Waals surface area contributed by atoms with Crippen molar-refractivity contribution in [2.75, 3.05) is 33.3 Å². The van der Waals surface area contributed by atoms with E-state index < -0.39 is 0 Å². The maximum absolute atomic E-state index is 5.40. The molecule has 0 aliphatic rings. The summed E-state index contributed by atoms with van der Waals surface area (Å²) in [6.07, 6.45) is 0. The van der Waals surface area contributed by atoms with Crippen LogP contribution in [0.3, 0.4) is 0 Å². The molecule has 0 amide bonds. The van der Waals surface area contributed by atoms with Crippen molar-refractivity contribution in [1.29, 1.82) is 0 Å². The molecule has 0 aliphatic carbocycles. The van der Waals surface area contributed by atoms with Crippen LogP contribution >= 0.6 is 0 Å². The molecule has 17 heavy (non-hydrogen) atoms. The highest BCUT2D eigenvalue weighted by atomic mass is 16.5.